The highest BCUT2D eigenvalue weighted by Crippen LogP contribution is 2.05. The first kappa shape index (κ1) is 13.2. The van der Waals surface area contributed by atoms with Crippen molar-refractivity contribution in [3.05, 3.63) is 0 Å². The Morgan fingerprint density at radius 3 is 2.76 bits per heavy atom. The minimum Gasteiger partial charge on any atom is -0.380 e. The molecule has 0 aromatic rings. The van der Waals surface area contributed by atoms with E-state index in [1.165, 1.54) is 0 Å². The summed E-state index contributed by atoms with van der Waals surface area (Å²) in [4.78, 5) is 2.18. The Labute approximate surface area is 103 Å². The van der Waals surface area contributed by atoms with Crippen LogP contribution in [-0.2, 0) is 14.8 Å². The van der Waals surface area contributed by atoms with E-state index in [2.05, 4.69) is 14.9 Å². The molecule has 2 saturated heterocycles. The first-order chi connectivity index (χ1) is 8.16. The Bertz CT molecular complexity index is 322. The maximum absolute atomic E-state index is 11.8. The summed E-state index contributed by atoms with van der Waals surface area (Å²) in [6.07, 6.45) is 0.785. The lowest BCUT2D eigenvalue weighted by Gasteiger charge is -2.27. The summed E-state index contributed by atoms with van der Waals surface area (Å²) in [6.45, 7) is 5.54. The monoisotopic (exact) mass is 263 g/mol. The van der Waals surface area contributed by atoms with Gasteiger partial charge in [-0.2, -0.15) is 0 Å². The van der Waals surface area contributed by atoms with Crippen LogP contribution < -0.4 is 10.0 Å². The molecule has 2 fully saturated rings. The standard InChI is InChI=1S/C10H21N3O3S/c14-17(15,12-10-1-7-16-9-10)8-6-13-4-2-11-3-5-13/h10-12H,1-9H2. The Hall–Kier alpha value is -0.210. The van der Waals surface area contributed by atoms with Crippen molar-refractivity contribution in [1.82, 2.24) is 14.9 Å². The maximum atomic E-state index is 11.8. The van der Waals surface area contributed by atoms with Crippen LogP contribution in [0.25, 0.3) is 0 Å². The predicted octanol–water partition coefficient (Wildman–Crippen LogP) is -1.40. The number of nitrogens with one attached hydrogen (secondary N) is 2. The fraction of sp³-hybridized carbons (Fsp3) is 1.00. The predicted molar refractivity (Wildman–Crippen MR) is 65.5 cm³/mol. The van der Waals surface area contributed by atoms with Crippen LogP contribution >= 0.6 is 0 Å². The average Bonchev–Trinajstić information content (AvgIpc) is 2.80. The number of hydrogen-bond acceptors (Lipinski definition) is 5. The number of hydrogen-bond donors (Lipinski definition) is 2. The van der Waals surface area contributed by atoms with E-state index in [0.29, 0.717) is 19.8 Å². The van der Waals surface area contributed by atoms with E-state index in [4.69, 9.17) is 4.74 Å². The fourth-order valence-electron chi connectivity index (χ4n) is 2.12. The van der Waals surface area contributed by atoms with Crippen molar-refractivity contribution in [3.8, 4) is 0 Å². The van der Waals surface area contributed by atoms with Crippen molar-refractivity contribution in [2.75, 3.05) is 51.7 Å². The molecule has 7 heteroatoms. The van der Waals surface area contributed by atoms with Gasteiger partial charge in [0.05, 0.1) is 12.4 Å². The highest BCUT2D eigenvalue weighted by molar-refractivity contribution is 7.89. The average molecular weight is 263 g/mol. The minimum absolute atomic E-state index is 0.0250. The van der Waals surface area contributed by atoms with Gasteiger partial charge in [-0.3, -0.25) is 4.90 Å². The smallest absolute Gasteiger partial charge is 0.213 e. The molecule has 0 bridgehead atoms. The van der Waals surface area contributed by atoms with Crippen LogP contribution in [-0.4, -0.2) is 71.0 Å². The zero-order chi connectivity index (χ0) is 12.1. The van der Waals surface area contributed by atoms with E-state index in [-0.39, 0.29) is 11.8 Å². The van der Waals surface area contributed by atoms with Crippen molar-refractivity contribution >= 4 is 10.0 Å². The Morgan fingerprint density at radius 2 is 2.12 bits per heavy atom. The van der Waals surface area contributed by atoms with Crippen molar-refractivity contribution in [1.29, 1.82) is 0 Å². The third kappa shape index (κ3) is 4.51. The third-order valence-corrected chi connectivity index (χ3v) is 4.57. The van der Waals surface area contributed by atoms with Gasteiger partial charge < -0.3 is 10.1 Å². The fourth-order valence-corrected chi connectivity index (χ4v) is 3.43. The van der Waals surface area contributed by atoms with Crippen LogP contribution in [0.15, 0.2) is 0 Å². The van der Waals surface area contributed by atoms with Crippen LogP contribution in [0.1, 0.15) is 6.42 Å². The highest BCUT2D eigenvalue weighted by atomic mass is 32.2. The second kappa shape index (κ2) is 6.10. The molecule has 2 heterocycles. The molecule has 2 rings (SSSR count). The molecular formula is C10H21N3O3S. The van der Waals surface area contributed by atoms with Crippen LogP contribution in [0.4, 0.5) is 0 Å². The van der Waals surface area contributed by atoms with Crippen molar-refractivity contribution in [3.63, 3.8) is 0 Å². The van der Waals surface area contributed by atoms with Gasteiger partial charge in [-0.25, -0.2) is 13.1 Å². The summed E-state index contributed by atoms with van der Waals surface area (Å²) in [7, 11) is -3.16. The van der Waals surface area contributed by atoms with E-state index >= 15 is 0 Å². The second-order valence-corrected chi connectivity index (χ2v) is 6.46. The molecule has 0 amide bonds. The van der Waals surface area contributed by atoms with Crippen molar-refractivity contribution < 1.29 is 13.2 Å². The number of nitrogens with zero attached hydrogens (tertiary/aromatic N) is 1. The summed E-state index contributed by atoms with van der Waals surface area (Å²) < 4.78 is 31.5. The molecule has 0 spiro atoms. The third-order valence-electron chi connectivity index (χ3n) is 3.16. The quantitative estimate of drug-likeness (QED) is 0.638. The lowest BCUT2D eigenvalue weighted by molar-refractivity contribution is 0.192. The van der Waals surface area contributed by atoms with Gasteiger partial charge >= 0.3 is 0 Å². The largest absolute Gasteiger partial charge is 0.380 e. The molecular weight excluding hydrogens is 242 g/mol. The van der Waals surface area contributed by atoms with Gasteiger partial charge in [-0.1, -0.05) is 0 Å². The Kier molecular flexibility index (Phi) is 4.75. The molecule has 2 aliphatic rings. The van der Waals surface area contributed by atoms with Crippen LogP contribution in [0.3, 0.4) is 0 Å². The molecule has 6 nitrogen and oxygen atoms in total. The number of rotatable bonds is 5. The van der Waals surface area contributed by atoms with Gasteiger partial charge in [0.1, 0.15) is 0 Å². The molecule has 17 heavy (non-hydrogen) atoms. The molecule has 0 aliphatic carbocycles. The first-order valence-corrected chi connectivity index (χ1v) is 7.82. The van der Waals surface area contributed by atoms with Gasteiger partial charge in [0.15, 0.2) is 0 Å². The Morgan fingerprint density at radius 1 is 1.35 bits per heavy atom. The second-order valence-electron chi connectivity index (χ2n) is 4.59. The molecule has 1 unspecified atom stereocenters. The number of sulfonamides is 1. The SMILES string of the molecule is O=S(=O)(CCN1CCNCC1)NC1CCOC1. The molecule has 0 saturated carbocycles. The minimum atomic E-state index is -3.16. The number of ether oxygens (including phenoxy) is 1. The molecule has 1 atom stereocenters. The summed E-state index contributed by atoms with van der Waals surface area (Å²) in [6, 6.07) is -0.0250. The van der Waals surface area contributed by atoms with E-state index in [9.17, 15) is 8.42 Å². The molecule has 0 radical (unpaired) electrons. The van der Waals surface area contributed by atoms with Gasteiger partial charge in [-0.05, 0) is 6.42 Å². The van der Waals surface area contributed by atoms with Crippen molar-refractivity contribution in [2.45, 2.75) is 12.5 Å². The normalized spacial score (nSPS) is 27.4. The zero-order valence-corrected chi connectivity index (χ0v) is 10.8. The van der Waals surface area contributed by atoms with Crippen LogP contribution in [0.5, 0.6) is 0 Å². The van der Waals surface area contributed by atoms with E-state index in [0.717, 1.165) is 32.6 Å². The summed E-state index contributed by atoms with van der Waals surface area (Å²) in [5.74, 6) is 0.184. The Balaban J connectivity index is 1.72. The van der Waals surface area contributed by atoms with Gasteiger partial charge in [0.2, 0.25) is 10.0 Å². The van der Waals surface area contributed by atoms with Gasteiger partial charge in [0.25, 0.3) is 0 Å². The first-order valence-electron chi connectivity index (χ1n) is 6.16. The number of piperazine rings is 1. The van der Waals surface area contributed by atoms with E-state index < -0.39 is 10.0 Å². The van der Waals surface area contributed by atoms with E-state index in [1.54, 1.807) is 0 Å². The van der Waals surface area contributed by atoms with Crippen molar-refractivity contribution in [2.24, 2.45) is 0 Å². The zero-order valence-electron chi connectivity index (χ0n) is 10.0. The highest BCUT2D eigenvalue weighted by Gasteiger charge is 2.22. The summed E-state index contributed by atoms with van der Waals surface area (Å²) in [5, 5.41) is 3.25. The molecule has 2 aliphatic heterocycles. The maximum Gasteiger partial charge on any atom is 0.213 e. The summed E-state index contributed by atoms with van der Waals surface area (Å²) >= 11 is 0. The topological polar surface area (TPSA) is 70.7 Å². The van der Waals surface area contributed by atoms with Gasteiger partial charge in [-0.15, -0.1) is 0 Å². The molecule has 2 N–H and O–H groups in total. The molecule has 0 aromatic heterocycles. The molecule has 0 aromatic carbocycles. The lowest BCUT2D eigenvalue weighted by atomic mass is 10.3. The summed E-state index contributed by atoms with van der Waals surface area (Å²) in [5.41, 5.74) is 0. The molecule has 100 valence electrons. The van der Waals surface area contributed by atoms with Crippen LogP contribution in [0, 0.1) is 0 Å². The van der Waals surface area contributed by atoms with Gasteiger partial charge in [0, 0.05) is 45.4 Å². The van der Waals surface area contributed by atoms with Crippen LogP contribution in [0.2, 0.25) is 0 Å². The van der Waals surface area contributed by atoms with E-state index in [1.807, 2.05) is 0 Å². The lowest BCUT2D eigenvalue weighted by Crippen LogP contribution is -2.46.